The molecule has 25 heavy (non-hydrogen) atoms. The fourth-order valence-corrected chi connectivity index (χ4v) is 3.19. The highest BCUT2D eigenvalue weighted by Gasteiger charge is 2.16. The average molecular weight is 353 g/mol. The molecule has 3 aromatic heterocycles. The van der Waals surface area contributed by atoms with Crippen LogP contribution in [0.25, 0.3) is 16.8 Å². The number of aromatic nitrogens is 4. The number of benzene rings is 1. The van der Waals surface area contributed by atoms with Gasteiger partial charge >= 0.3 is 0 Å². The SMILES string of the molecule is Cc1csc(NC(=O)c2cc(-c3cccc(F)c3)cn3cnnc23)n1. The molecule has 8 heteroatoms. The Hall–Kier alpha value is -3.13. The largest absolute Gasteiger partial charge is 0.298 e. The van der Waals surface area contributed by atoms with Gasteiger partial charge in [-0.3, -0.25) is 14.5 Å². The van der Waals surface area contributed by atoms with Gasteiger partial charge in [0.05, 0.1) is 11.3 Å². The third-order valence-corrected chi connectivity index (χ3v) is 4.51. The number of thiazole rings is 1. The number of fused-ring (bicyclic) bond motifs is 1. The van der Waals surface area contributed by atoms with Gasteiger partial charge in [0.2, 0.25) is 0 Å². The Bertz CT molecular complexity index is 1090. The number of hydrogen-bond donors (Lipinski definition) is 1. The number of pyridine rings is 1. The Morgan fingerprint density at radius 2 is 2.16 bits per heavy atom. The monoisotopic (exact) mass is 353 g/mol. The molecule has 0 bridgehead atoms. The van der Waals surface area contributed by atoms with E-state index in [-0.39, 0.29) is 11.7 Å². The molecule has 0 radical (unpaired) electrons. The Morgan fingerprint density at radius 3 is 2.92 bits per heavy atom. The normalized spacial score (nSPS) is 11.0. The maximum Gasteiger partial charge on any atom is 0.261 e. The molecule has 0 saturated carbocycles. The highest BCUT2D eigenvalue weighted by molar-refractivity contribution is 7.13. The number of carbonyl (C=O) groups excluding carboxylic acids is 1. The Balaban J connectivity index is 1.79. The lowest BCUT2D eigenvalue weighted by Gasteiger charge is -2.08. The van der Waals surface area contributed by atoms with Crippen molar-refractivity contribution in [2.45, 2.75) is 6.92 Å². The predicted molar refractivity (Wildman–Crippen MR) is 93.2 cm³/mol. The van der Waals surface area contributed by atoms with Crippen LogP contribution in [0.4, 0.5) is 9.52 Å². The molecule has 0 aliphatic heterocycles. The predicted octanol–water partition coefficient (Wildman–Crippen LogP) is 3.55. The van der Waals surface area contributed by atoms with Crippen molar-refractivity contribution in [2.24, 2.45) is 0 Å². The molecule has 0 atom stereocenters. The lowest BCUT2D eigenvalue weighted by molar-refractivity contribution is 0.102. The second kappa shape index (κ2) is 6.06. The second-order valence-corrected chi connectivity index (χ2v) is 6.32. The van der Waals surface area contributed by atoms with Gasteiger partial charge in [-0.1, -0.05) is 12.1 Å². The first-order valence-corrected chi connectivity index (χ1v) is 8.31. The van der Waals surface area contributed by atoms with Crippen molar-refractivity contribution in [1.29, 1.82) is 0 Å². The summed E-state index contributed by atoms with van der Waals surface area (Å²) < 4.78 is 15.2. The summed E-state index contributed by atoms with van der Waals surface area (Å²) in [6.07, 6.45) is 3.26. The molecule has 6 nitrogen and oxygen atoms in total. The van der Waals surface area contributed by atoms with Crippen molar-refractivity contribution in [3.05, 3.63) is 65.3 Å². The zero-order valence-corrected chi connectivity index (χ0v) is 13.9. The molecule has 0 fully saturated rings. The van der Waals surface area contributed by atoms with E-state index >= 15 is 0 Å². The van der Waals surface area contributed by atoms with Crippen LogP contribution >= 0.6 is 11.3 Å². The number of halogens is 1. The topological polar surface area (TPSA) is 72.2 Å². The summed E-state index contributed by atoms with van der Waals surface area (Å²) in [4.78, 5) is 16.9. The average Bonchev–Trinajstić information content (AvgIpc) is 3.22. The summed E-state index contributed by atoms with van der Waals surface area (Å²) in [6, 6.07) is 7.87. The molecule has 1 N–H and O–H groups in total. The van der Waals surface area contributed by atoms with Gasteiger partial charge in [0, 0.05) is 11.6 Å². The summed E-state index contributed by atoms with van der Waals surface area (Å²) in [5, 5.41) is 13.0. The van der Waals surface area contributed by atoms with E-state index in [0.717, 1.165) is 5.69 Å². The van der Waals surface area contributed by atoms with E-state index in [1.165, 1.54) is 29.8 Å². The van der Waals surface area contributed by atoms with Crippen LogP contribution in [-0.2, 0) is 0 Å². The first kappa shape index (κ1) is 15.4. The molecule has 124 valence electrons. The number of amides is 1. The quantitative estimate of drug-likeness (QED) is 0.611. The van der Waals surface area contributed by atoms with Crippen molar-refractivity contribution in [3.63, 3.8) is 0 Å². The fraction of sp³-hybridized carbons (Fsp3) is 0.0588. The van der Waals surface area contributed by atoms with Gasteiger partial charge in [-0.2, -0.15) is 0 Å². The summed E-state index contributed by atoms with van der Waals surface area (Å²) >= 11 is 1.35. The zero-order valence-electron chi connectivity index (χ0n) is 13.1. The second-order valence-electron chi connectivity index (χ2n) is 5.46. The number of hydrogen-bond acceptors (Lipinski definition) is 5. The minimum Gasteiger partial charge on any atom is -0.298 e. The number of carbonyl (C=O) groups is 1. The van der Waals surface area contributed by atoms with Gasteiger partial charge in [0.25, 0.3) is 5.91 Å². The van der Waals surface area contributed by atoms with Crippen molar-refractivity contribution in [3.8, 4) is 11.1 Å². The molecule has 0 unspecified atom stereocenters. The van der Waals surface area contributed by atoms with Crippen molar-refractivity contribution in [2.75, 3.05) is 5.32 Å². The fourth-order valence-electron chi connectivity index (χ4n) is 2.51. The molecule has 0 spiro atoms. The van der Waals surface area contributed by atoms with E-state index < -0.39 is 0 Å². The van der Waals surface area contributed by atoms with Crippen LogP contribution in [0.3, 0.4) is 0 Å². The van der Waals surface area contributed by atoms with E-state index in [0.29, 0.717) is 27.5 Å². The summed E-state index contributed by atoms with van der Waals surface area (Å²) in [5.74, 6) is -0.684. The van der Waals surface area contributed by atoms with Crippen LogP contribution in [0.2, 0.25) is 0 Å². The summed E-state index contributed by atoms with van der Waals surface area (Å²) in [5.41, 5.74) is 2.95. The summed E-state index contributed by atoms with van der Waals surface area (Å²) in [6.45, 7) is 1.85. The highest BCUT2D eigenvalue weighted by atomic mass is 32.1. The van der Waals surface area contributed by atoms with Crippen LogP contribution in [0.1, 0.15) is 16.1 Å². The smallest absolute Gasteiger partial charge is 0.261 e. The first-order valence-electron chi connectivity index (χ1n) is 7.43. The maximum absolute atomic E-state index is 13.5. The molecule has 0 aliphatic rings. The maximum atomic E-state index is 13.5. The van der Waals surface area contributed by atoms with Crippen molar-refractivity contribution < 1.29 is 9.18 Å². The van der Waals surface area contributed by atoms with Crippen LogP contribution in [0.5, 0.6) is 0 Å². The molecule has 4 aromatic rings. The molecular weight excluding hydrogens is 341 g/mol. The third-order valence-electron chi connectivity index (χ3n) is 3.63. The Morgan fingerprint density at radius 1 is 1.28 bits per heavy atom. The third kappa shape index (κ3) is 2.99. The van der Waals surface area contributed by atoms with Crippen LogP contribution in [0, 0.1) is 12.7 Å². The van der Waals surface area contributed by atoms with Gasteiger partial charge in [-0.25, -0.2) is 9.37 Å². The Labute approximate surface area is 146 Å². The molecule has 1 amide bonds. The van der Waals surface area contributed by atoms with Crippen LogP contribution in [-0.4, -0.2) is 25.5 Å². The minimum atomic E-state index is -0.342. The lowest BCUT2D eigenvalue weighted by atomic mass is 10.1. The zero-order chi connectivity index (χ0) is 17.4. The highest BCUT2D eigenvalue weighted by Crippen LogP contribution is 2.24. The minimum absolute atomic E-state index is 0.340. The molecular formula is C17H12FN5OS. The molecule has 4 rings (SSSR count). The number of anilines is 1. The molecule has 0 saturated heterocycles. The van der Waals surface area contributed by atoms with E-state index in [4.69, 9.17) is 0 Å². The number of rotatable bonds is 3. The number of aryl methyl sites for hydroxylation is 1. The molecule has 1 aromatic carbocycles. The van der Waals surface area contributed by atoms with Gasteiger partial charge in [0.1, 0.15) is 12.1 Å². The van der Waals surface area contributed by atoms with E-state index in [9.17, 15) is 9.18 Å². The number of nitrogens with zero attached hydrogens (tertiary/aromatic N) is 4. The Kier molecular flexibility index (Phi) is 3.73. The van der Waals surface area contributed by atoms with Crippen LogP contribution < -0.4 is 5.32 Å². The lowest BCUT2D eigenvalue weighted by Crippen LogP contribution is -2.13. The van der Waals surface area contributed by atoms with Crippen LogP contribution in [0.15, 0.2) is 48.2 Å². The van der Waals surface area contributed by atoms with Gasteiger partial charge in [0.15, 0.2) is 10.8 Å². The standard InChI is InChI=1S/C17H12FN5OS/c1-10-8-25-17(20-10)21-16(24)14-6-12(7-23-9-19-22-15(14)23)11-3-2-4-13(18)5-11/h2-9H,1H3,(H,20,21,24). The van der Waals surface area contributed by atoms with E-state index in [1.807, 2.05) is 12.3 Å². The van der Waals surface area contributed by atoms with Crippen molar-refractivity contribution in [1.82, 2.24) is 19.6 Å². The van der Waals surface area contributed by atoms with Gasteiger partial charge in [-0.05, 0) is 36.2 Å². The first-order chi connectivity index (χ1) is 12.1. The van der Waals surface area contributed by atoms with E-state index in [2.05, 4.69) is 20.5 Å². The number of nitrogens with one attached hydrogen (secondary N) is 1. The van der Waals surface area contributed by atoms with Gasteiger partial charge in [-0.15, -0.1) is 21.5 Å². The van der Waals surface area contributed by atoms with Gasteiger partial charge < -0.3 is 0 Å². The molecule has 0 aliphatic carbocycles. The molecule has 3 heterocycles. The summed E-state index contributed by atoms with van der Waals surface area (Å²) in [7, 11) is 0. The van der Waals surface area contributed by atoms with E-state index in [1.54, 1.807) is 28.8 Å². The van der Waals surface area contributed by atoms with Crippen molar-refractivity contribution >= 4 is 28.0 Å².